The number of amides is 1. The van der Waals surface area contributed by atoms with Gasteiger partial charge in [0.2, 0.25) is 5.91 Å². The largest absolute Gasteiger partial charge is 0.550 e. The first-order valence-corrected chi connectivity index (χ1v) is 7.71. The van der Waals surface area contributed by atoms with Crippen LogP contribution in [-0.2, 0) is 16.1 Å². The van der Waals surface area contributed by atoms with Gasteiger partial charge in [0.25, 0.3) is 0 Å². The number of carboxylic acid groups (broad SMARTS) is 1. The topological polar surface area (TPSA) is 78.5 Å². The molecule has 0 aliphatic heterocycles. The second kappa shape index (κ2) is 5.99. The Bertz CT molecular complexity index is 569. The molecule has 0 heterocycles. The highest BCUT2D eigenvalue weighted by atomic mass is 16.5. The van der Waals surface area contributed by atoms with Crippen LogP contribution in [0, 0.1) is 23.7 Å². The van der Waals surface area contributed by atoms with Crippen LogP contribution in [-0.4, -0.2) is 19.0 Å². The molecule has 1 aromatic carbocycles. The van der Waals surface area contributed by atoms with E-state index in [1.165, 1.54) is 0 Å². The molecule has 0 unspecified atom stereocenters. The van der Waals surface area contributed by atoms with Gasteiger partial charge in [0, 0.05) is 24.3 Å². The molecule has 0 radical (unpaired) electrons. The number of hydrogen-bond donors (Lipinski definition) is 1. The number of carbonyl (C=O) groups excluding carboxylic acids is 2. The predicted molar refractivity (Wildman–Crippen MR) is 77.7 cm³/mol. The van der Waals surface area contributed by atoms with Gasteiger partial charge in [-0.3, -0.25) is 4.79 Å². The summed E-state index contributed by atoms with van der Waals surface area (Å²) in [6, 6.07) is 7.44. The van der Waals surface area contributed by atoms with Crippen molar-refractivity contribution in [3.63, 3.8) is 0 Å². The lowest BCUT2D eigenvalue weighted by Crippen LogP contribution is -2.45. The highest BCUT2D eigenvalue weighted by Gasteiger charge is 2.51. The van der Waals surface area contributed by atoms with Gasteiger partial charge in [-0.05, 0) is 48.8 Å². The van der Waals surface area contributed by atoms with Crippen LogP contribution in [0.5, 0.6) is 5.75 Å². The van der Waals surface area contributed by atoms with E-state index >= 15 is 0 Å². The number of benzene rings is 1. The number of ether oxygens (including phenoxy) is 1. The fraction of sp³-hybridized carbons (Fsp3) is 0.529. The minimum Gasteiger partial charge on any atom is -0.550 e. The molecule has 4 atom stereocenters. The van der Waals surface area contributed by atoms with Gasteiger partial charge in [0.1, 0.15) is 5.75 Å². The number of fused-ring (bicyclic) bond motifs is 2. The van der Waals surface area contributed by atoms with Crippen LogP contribution < -0.4 is 15.2 Å². The van der Waals surface area contributed by atoms with E-state index in [1.807, 2.05) is 24.3 Å². The quantitative estimate of drug-likeness (QED) is 0.869. The maximum Gasteiger partial charge on any atom is 0.224 e. The van der Waals surface area contributed by atoms with Gasteiger partial charge in [0.05, 0.1) is 7.11 Å². The van der Waals surface area contributed by atoms with E-state index < -0.39 is 17.8 Å². The van der Waals surface area contributed by atoms with Crippen molar-refractivity contribution in [2.24, 2.45) is 23.7 Å². The average molecular weight is 302 g/mol. The fourth-order valence-corrected chi connectivity index (χ4v) is 4.06. The molecule has 0 aromatic heterocycles. The van der Waals surface area contributed by atoms with Crippen LogP contribution >= 0.6 is 0 Å². The van der Waals surface area contributed by atoms with Gasteiger partial charge < -0.3 is 20.0 Å². The zero-order valence-corrected chi connectivity index (χ0v) is 12.6. The van der Waals surface area contributed by atoms with Crippen molar-refractivity contribution in [3.8, 4) is 5.75 Å². The second-order valence-electron chi connectivity index (χ2n) is 6.27. The van der Waals surface area contributed by atoms with Crippen LogP contribution in [0.3, 0.4) is 0 Å². The van der Waals surface area contributed by atoms with Crippen molar-refractivity contribution in [3.05, 3.63) is 29.8 Å². The Labute approximate surface area is 129 Å². The third-order valence-electron chi connectivity index (χ3n) is 5.12. The fourth-order valence-electron chi connectivity index (χ4n) is 4.06. The smallest absolute Gasteiger partial charge is 0.224 e. The Hall–Kier alpha value is -2.04. The molecule has 2 fully saturated rings. The molecule has 3 rings (SSSR count). The summed E-state index contributed by atoms with van der Waals surface area (Å²) in [4.78, 5) is 23.8. The highest BCUT2D eigenvalue weighted by molar-refractivity contribution is 5.85. The van der Waals surface area contributed by atoms with E-state index in [2.05, 4.69) is 5.32 Å². The lowest BCUT2D eigenvalue weighted by molar-refractivity contribution is -0.314. The van der Waals surface area contributed by atoms with Crippen molar-refractivity contribution in [1.29, 1.82) is 0 Å². The van der Waals surface area contributed by atoms with Gasteiger partial charge in [-0.15, -0.1) is 0 Å². The summed E-state index contributed by atoms with van der Waals surface area (Å²) in [5.41, 5.74) is 0.960. The standard InChI is InChI=1S/C17H21NO4/c1-22-13-6-2-10(3-7-13)9-18-16(19)14-11-4-5-12(8-11)15(14)17(20)21/h2-3,6-7,11-12,14-15H,4-5,8-9H2,1H3,(H,18,19)(H,20,21)/p-1/t11-,12-,14+,15-/m0/s1. The van der Waals surface area contributed by atoms with E-state index in [-0.39, 0.29) is 17.7 Å². The molecule has 5 nitrogen and oxygen atoms in total. The van der Waals surface area contributed by atoms with Crippen molar-refractivity contribution in [2.75, 3.05) is 7.11 Å². The normalized spacial score (nSPS) is 29.3. The number of rotatable bonds is 5. The molecule has 2 bridgehead atoms. The molecule has 22 heavy (non-hydrogen) atoms. The monoisotopic (exact) mass is 302 g/mol. The minimum atomic E-state index is -1.07. The van der Waals surface area contributed by atoms with Crippen LogP contribution in [0.2, 0.25) is 0 Å². The van der Waals surface area contributed by atoms with E-state index in [0.717, 1.165) is 30.6 Å². The Morgan fingerprint density at radius 3 is 2.41 bits per heavy atom. The van der Waals surface area contributed by atoms with Gasteiger partial charge in [-0.1, -0.05) is 12.1 Å². The van der Waals surface area contributed by atoms with Crippen LogP contribution in [0.4, 0.5) is 0 Å². The van der Waals surface area contributed by atoms with E-state index in [1.54, 1.807) is 7.11 Å². The van der Waals surface area contributed by atoms with Crippen molar-refractivity contribution in [2.45, 2.75) is 25.8 Å². The zero-order chi connectivity index (χ0) is 15.7. The SMILES string of the molecule is COc1ccc(CNC(=O)[C@@H]2[C@H]3CC[C@@H](C3)[C@@H]2C(=O)[O-])cc1. The molecule has 0 saturated heterocycles. The summed E-state index contributed by atoms with van der Waals surface area (Å²) in [5.74, 6) is -1.19. The summed E-state index contributed by atoms with van der Waals surface area (Å²) in [6.45, 7) is 0.399. The number of hydrogen-bond acceptors (Lipinski definition) is 4. The number of carboxylic acids is 1. The molecule has 2 aliphatic rings. The maximum atomic E-state index is 12.4. The van der Waals surface area contributed by atoms with E-state index in [4.69, 9.17) is 4.74 Å². The third kappa shape index (κ3) is 2.67. The Kier molecular flexibility index (Phi) is 4.05. The lowest BCUT2D eigenvalue weighted by atomic mass is 9.78. The van der Waals surface area contributed by atoms with Gasteiger partial charge in [-0.2, -0.15) is 0 Å². The summed E-state index contributed by atoms with van der Waals surface area (Å²) < 4.78 is 5.09. The van der Waals surface area contributed by atoms with Gasteiger partial charge in [-0.25, -0.2) is 0 Å². The number of carbonyl (C=O) groups is 2. The highest BCUT2D eigenvalue weighted by Crippen LogP contribution is 2.52. The van der Waals surface area contributed by atoms with Crippen molar-refractivity contribution < 1.29 is 19.4 Å². The van der Waals surface area contributed by atoms with Gasteiger partial charge in [0.15, 0.2) is 0 Å². The Morgan fingerprint density at radius 1 is 1.18 bits per heavy atom. The summed E-state index contributed by atoms with van der Waals surface area (Å²) in [6.07, 6.45) is 2.71. The number of aliphatic carboxylic acids is 1. The van der Waals surface area contributed by atoms with Crippen LogP contribution in [0.1, 0.15) is 24.8 Å². The van der Waals surface area contributed by atoms with Gasteiger partial charge >= 0.3 is 0 Å². The first-order valence-electron chi connectivity index (χ1n) is 7.71. The molecular formula is C17H20NO4-. The van der Waals surface area contributed by atoms with E-state index in [0.29, 0.717) is 6.54 Å². The molecule has 2 saturated carbocycles. The molecule has 1 amide bonds. The lowest BCUT2D eigenvalue weighted by Gasteiger charge is -2.30. The third-order valence-corrected chi connectivity index (χ3v) is 5.12. The molecule has 1 N–H and O–H groups in total. The molecule has 5 heteroatoms. The first kappa shape index (κ1) is 14.9. The Morgan fingerprint density at radius 2 is 1.82 bits per heavy atom. The molecule has 2 aliphatic carbocycles. The minimum absolute atomic E-state index is 0.117. The number of nitrogens with one attached hydrogen (secondary N) is 1. The van der Waals surface area contributed by atoms with Crippen molar-refractivity contribution >= 4 is 11.9 Å². The van der Waals surface area contributed by atoms with Crippen molar-refractivity contribution in [1.82, 2.24) is 5.32 Å². The number of methoxy groups -OCH3 is 1. The molecule has 118 valence electrons. The zero-order valence-electron chi connectivity index (χ0n) is 12.6. The second-order valence-corrected chi connectivity index (χ2v) is 6.27. The summed E-state index contributed by atoms with van der Waals surface area (Å²) >= 11 is 0. The summed E-state index contributed by atoms with van der Waals surface area (Å²) in [5, 5.41) is 14.2. The van der Waals surface area contributed by atoms with Crippen LogP contribution in [0.15, 0.2) is 24.3 Å². The molecule has 1 aromatic rings. The first-order chi connectivity index (χ1) is 10.6. The maximum absolute atomic E-state index is 12.4. The molecule has 0 spiro atoms. The average Bonchev–Trinajstić information content (AvgIpc) is 3.14. The van der Waals surface area contributed by atoms with Crippen LogP contribution in [0.25, 0.3) is 0 Å². The Balaban J connectivity index is 1.62. The molecular weight excluding hydrogens is 282 g/mol. The predicted octanol–water partition coefficient (Wildman–Crippen LogP) is 0.724. The van der Waals surface area contributed by atoms with E-state index in [9.17, 15) is 14.7 Å². The summed E-state index contributed by atoms with van der Waals surface area (Å²) in [7, 11) is 1.60.